The van der Waals surface area contributed by atoms with Crippen LogP contribution < -0.4 is 5.32 Å². The fraction of sp³-hybridized carbons (Fsp3) is 0.200. The molecule has 2 aromatic carbocycles. The van der Waals surface area contributed by atoms with Gasteiger partial charge in [-0.3, -0.25) is 0 Å². The van der Waals surface area contributed by atoms with Crippen molar-refractivity contribution in [3.63, 3.8) is 0 Å². The number of nitrogens with one attached hydrogen (secondary N) is 1. The van der Waals surface area contributed by atoms with Crippen molar-refractivity contribution < 1.29 is 13.2 Å². The highest BCUT2D eigenvalue weighted by atomic mass is 35.5. The normalized spacial score (nSPS) is 12.2. The Morgan fingerprint density at radius 3 is 2.15 bits per heavy atom. The molecule has 1 unspecified atom stereocenters. The van der Waals surface area contributed by atoms with Crippen LogP contribution in [0.1, 0.15) is 12.5 Å². The molecule has 20 heavy (non-hydrogen) atoms. The maximum atomic E-state index is 13.1. The van der Waals surface area contributed by atoms with Crippen LogP contribution in [0.15, 0.2) is 36.4 Å². The van der Waals surface area contributed by atoms with E-state index < -0.39 is 17.5 Å². The summed E-state index contributed by atoms with van der Waals surface area (Å²) in [4.78, 5) is 0. The predicted octanol–water partition coefficient (Wildman–Crippen LogP) is 4.80. The Morgan fingerprint density at radius 2 is 1.60 bits per heavy atom. The Labute approximate surface area is 120 Å². The summed E-state index contributed by atoms with van der Waals surface area (Å²) in [5, 5.41) is 3.58. The van der Waals surface area contributed by atoms with E-state index in [-0.39, 0.29) is 11.7 Å². The fourth-order valence-electron chi connectivity index (χ4n) is 1.95. The van der Waals surface area contributed by atoms with Gasteiger partial charge in [0.05, 0.1) is 0 Å². The highest BCUT2D eigenvalue weighted by Crippen LogP contribution is 2.19. The Balaban J connectivity index is 2.04. The molecule has 106 valence electrons. The van der Waals surface area contributed by atoms with Crippen molar-refractivity contribution in [2.75, 3.05) is 5.32 Å². The second-order valence-electron chi connectivity index (χ2n) is 4.63. The first-order valence-corrected chi connectivity index (χ1v) is 6.49. The number of hydrogen-bond donors (Lipinski definition) is 1. The zero-order chi connectivity index (χ0) is 14.7. The molecule has 0 amide bonds. The predicted molar refractivity (Wildman–Crippen MR) is 74.6 cm³/mol. The second-order valence-corrected chi connectivity index (χ2v) is 5.07. The van der Waals surface area contributed by atoms with Gasteiger partial charge in [0.25, 0.3) is 0 Å². The van der Waals surface area contributed by atoms with Gasteiger partial charge in [-0.2, -0.15) is 0 Å². The van der Waals surface area contributed by atoms with Crippen molar-refractivity contribution in [1.82, 2.24) is 0 Å². The molecule has 0 bridgehead atoms. The van der Waals surface area contributed by atoms with Crippen LogP contribution in [-0.4, -0.2) is 6.04 Å². The summed E-state index contributed by atoms with van der Waals surface area (Å²) in [6.07, 6.45) is 0.651. The minimum Gasteiger partial charge on any atom is -0.382 e. The Morgan fingerprint density at radius 1 is 1.05 bits per heavy atom. The van der Waals surface area contributed by atoms with Crippen molar-refractivity contribution in [3.8, 4) is 0 Å². The van der Waals surface area contributed by atoms with Crippen LogP contribution in [0, 0.1) is 17.5 Å². The van der Waals surface area contributed by atoms with Crippen LogP contribution >= 0.6 is 11.6 Å². The molecule has 0 aromatic heterocycles. The zero-order valence-electron chi connectivity index (χ0n) is 10.8. The van der Waals surface area contributed by atoms with Crippen molar-refractivity contribution in [2.24, 2.45) is 0 Å². The van der Waals surface area contributed by atoms with Gasteiger partial charge in [-0.05, 0) is 31.0 Å². The topological polar surface area (TPSA) is 12.0 Å². The molecule has 2 aromatic rings. The van der Waals surface area contributed by atoms with Gasteiger partial charge in [0.1, 0.15) is 0 Å². The average Bonchev–Trinajstić information content (AvgIpc) is 2.38. The molecule has 1 nitrogen and oxygen atoms in total. The minimum absolute atomic E-state index is 0.0690. The van der Waals surface area contributed by atoms with E-state index in [1.807, 2.05) is 19.1 Å². The highest BCUT2D eigenvalue weighted by Gasteiger charge is 2.12. The lowest BCUT2D eigenvalue weighted by Crippen LogP contribution is -2.18. The van der Waals surface area contributed by atoms with Gasteiger partial charge in [-0.15, -0.1) is 0 Å². The quantitative estimate of drug-likeness (QED) is 0.800. The zero-order valence-corrected chi connectivity index (χ0v) is 11.5. The van der Waals surface area contributed by atoms with E-state index in [1.54, 1.807) is 12.1 Å². The molecule has 1 atom stereocenters. The molecule has 0 aliphatic heterocycles. The van der Waals surface area contributed by atoms with Gasteiger partial charge < -0.3 is 5.32 Å². The summed E-state index contributed by atoms with van der Waals surface area (Å²) in [5.41, 5.74) is 1.25. The van der Waals surface area contributed by atoms with Crippen LogP contribution in [0.5, 0.6) is 0 Å². The molecule has 0 spiro atoms. The third-order valence-corrected chi connectivity index (χ3v) is 3.10. The summed E-state index contributed by atoms with van der Waals surface area (Å²) >= 11 is 5.79. The Bertz CT molecular complexity index is 576. The van der Waals surface area contributed by atoms with Crippen LogP contribution in [0.4, 0.5) is 18.9 Å². The maximum absolute atomic E-state index is 13.1. The third kappa shape index (κ3) is 3.67. The van der Waals surface area contributed by atoms with E-state index in [1.165, 1.54) is 0 Å². The SMILES string of the molecule is CC(Cc1ccc(Cl)cc1)Nc1cc(F)c(F)c(F)c1. The average molecular weight is 300 g/mol. The number of halogens is 4. The van der Waals surface area contributed by atoms with E-state index in [0.29, 0.717) is 11.4 Å². The van der Waals surface area contributed by atoms with E-state index in [2.05, 4.69) is 5.32 Å². The number of benzene rings is 2. The molecule has 0 saturated heterocycles. The van der Waals surface area contributed by atoms with Gasteiger partial charge in [0.15, 0.2) is 17.5 Å². The molecular weight excluding hydrogens is 287 g/mol. The van der Waals surface area contributed by atoms with Crippen molar-refractivity contribution in [3.05, 3.63) is 64.4 Å². The monoisotopic (exact) mass is 299 g/mol. The van der Waals surface area contributed by atoms with Gasteiger partial charge in [0, 0.05) is 28.9 Å². The van der Waals surface area contributed by atoms with Gasteiger partial charge >= 0.3 is 0 Å². The van der Waals surface area contributed by atoms with Crippen LogP contribution in [0.2, 0.25) is 5.02 Å². The van der Waals surface area contributed by atoms with Crippen LogP contribution in [-0.2, 0) is 6.42 Å². The van der Waals surface area contributed by atoms with Crippen LogP contribution in [0.3, 0.4) is 0 Å². The molecule has 5 heteroatoms. The largest absolute Gasteiger partial charge is 0.382 e. The van der Waals surface area contributed by atoms with Crippen molar-refractivity contribution in [2.45, 2.75) is 19.4 Å². The number of rotatable bonds is 4. The second kappa shape index (κ2) is 6.18. The molecular formula is C15H13ClF3N. The van der Waals surface area contributed by atoms with E-state index in [9.17, 15) is 13.2 Å². The van der Waals surface area contributed by atoms with Gasteiger partial charge in [-0.1, -0.05) is 23.7 Å². The first kappa shape index (κ1) is 14.7. The van der Waals surface area contributed by atoms with E-state index in [0.717, 1.165) is 17.7 Å². The minimum atomic E-state index is -1.46. The highest BCUT2D eigenvalue weighted by molar-refractivity contribution is 6.30. The third-order valence-electron chi connectivity index (χ3n) is 2.85. The molecule has 0 fully saturated rings. The van der Waals surface area contributed by atoms with Gasteiger partial charge in [-0.25, -0.2) is 13.2 Å². The first-order chi connectivity index (χ1) is 9.45. The molecule has 1 N–H and O–H groups in total. The van der Waals surface area contributed by atoms with E-state index >= 15 is 0 Å². The lowest BCUT2D eigenvalue weighted by atomic mass is 10.1. The van der Waals surface area contributed by atoms with Crippen molar-refractivity contribution >= 4 is 17.3 Å². The number of anilines is 1. The lowest BCUT2D eigenvalue weighted by molar-refractivity contribution is 0.447. The molecule has 2 rings (SSSR count). The molecule has 0 saturated carbocycles. The summed E-state index contributed by atoms with van der Waals surface area (Å²) in [7, 11) is 0. The molecule has 0 aliphatic carbocycles. The standard InChI is InChI=1S/C15H13ClF3N/c1-9(6-10-2-4-11(16)5-3-10)20-12-7-13(17)15(19)14(18)8-12/h2-5,7-9,20H,6H2,1H3. The smallest absolute Gasteiger partial charge is 0.194 e. The van der Waals surface area contributed by atoms with E-state index in [4.69, 9.17) is 11.6 Å². The summed E-state index contributed by atoms with van der Waals surface area (Å²) in [6.45, 7) is 1.87. The van der Waals surface area contributed by atoms with Gasteiger partial charge in [0.2, 0.25) is 0 Å². The summed E-state index contributed by atoms with van der Waals surface area (Å²) in [6, 6.07) is 9.13. The molecule has 0 aliphatic rings. The number of hydrogen-bond acceptors (Lipinski definition) is 1. The fourth-order valence-corrected chi connectivity index (χ4v) is 2.07. The Kier molecular flexibility index (Phi) is 4.55. The molecule has 0 radical (unpaired) electrons. The first-order valence-electron chi connectivity index (χ1n) is 6.11. The van der Waals surface area contributed by atoms with Crippen molar-refractivity contribution in [1.29, 1.82) is 0 Å². The lowest BCUT2D eigenvalue weighted by Gasteiger charge is -2.15. The van der Waals surface area contributed by atoms with Crippen LogP contribution in [0.25, 0.3) is 0 Å². The summed E-state index contributed by atoms with van der Waals surface area (Å²) in [5.74, 6) is -3.86. The Hall–Kier alpha value is -1.68. The summed E-state index contributed by atoms with van der Waals surface area (Å²) < 4.78 is 39.0. The molecule has 0 heterocycles. The maximum Gasteiger partial charge on any atom is 0.194 e.